The molecule has 0 saturated carbocycles. The summed E-state index contributed by atoms with van der Waals surface area (Å²) in [5.74, 6) is -2.39. The van der Waals surface area contributed by atoms with Crippen LogP contribution in [0.15, 0.2) is 47.5 Å². The predicted octanol–water partition coefficient (Wildman–Crippen LogP) is 6.54. The van der Waals surface area contributed by atoms with Gasteiger partial charge < -0.3 is 0 Å². The second-order valence-corrected chi connectivity index (χ2v) is 6.57. The third-order valence-electron chi connectivity index (χ3n) is 3.48. The van der Waals surface area contributed by atoms with Crippen molar-refractivity contribution >= 4 is 34.4 Å². The topological polar surface area (TPSA) is 12.4 Å². The number of isothiocyanates is 1. The van der Waals surface area contributed by atoms with E-state index < -0.39 is 23.1 Å². The largest absolute Gasteiger partial charge is 0.206 e. The summed E-state index contributed by atoms with van der Waals surface area (Å²) in [6.07, 6.45) is 0. The van der Waals surface area contributed by atoms with E-state index in [1.807, 2.05) is 24.2 Å². The molecule has 0 amide bonds. The van der Waals surface area contributed by atoms with Crippen LogP contribution < -0.4 is 0 Å². The van der Waals surface area contributed by atoms with Crippen LogP contribution in [0, 0.1) is 24.4 Å². The van der Waals surface area contributed by atoms with Gasteiger partial charge in [-0.3, -0.25) is 0 Å². The lowest BCUT2D eigenvalue weighted by Crippen LogP contribution is -1.90. The molecule has 0 radical (unpaired) electrons. The molecule has 6 heteroatoms. The van der Waals surface area contributed by atoms with Gasteiger partial charge in [-0.05, 0) is 60.6 Å². The van der Waals surface area contributed by atoms with Crippen molar-refractivity contribution in [3.63, 3.8) is 0 Å². The Kier molecular flexibility index (Phi) is 4.62. The fourth-order valence-corrected chi connectivity index (χ4v) is 3.32. The van der Waals surface area contributed by atoms with Crippen molar-refractivity contribution in [2.24, 2.45) is 4.99 Å². The van der Waals surface area contributed by atoms with Gasteiger partial charge in [0.1, 0.15) is 11.5 Å². The first kappa shape index (κ1) is 16.6. The van der Waals surface area contributed by atoms with Gasteiger partial charge in [0.15, 0.2) is 11.6 Å². The molecule has 0 unspecified atom stereocenters. The standard InChI is InChI=1S/C18H10F3NS2/c1-10-2-5-17(24-10)11-3-4-13(14(19)6-11)12-7-15(20)18(22-9-23)16(21)8-12/h2-8H,1H3. The first-order valence-electron chi connectivity index (χ1n) is 6.93. The number of aliphatic imine (C=N–C) groups is 1. The molecule has 24 heavy (non-hydrogen) atoms. The Balaban J connectivity index is 2.06. The van der Waals surface area contributed by atoms with Crippen LogP contribution in [0.3, 0.4) is 0 Å². The van der Waals surface area contributed by atoms with Crippen molar-refractivity contribution in [3.8, 4) is 21.6 Å². The molecule has 0 saturated heterocycles. The average molecular weight is 361 g/mol. The molecule has 120 valence electrons. The molecule has 0 aliphatic rings. The second-order valence-electron chi connectivity index (χ2n) is 5.10. The van der Waals surface area contributed by atoms with E-state index in [0.717, 1.165) is 27.5 Å². The highest BCUT2D eigenvalue weighted by molar-refractivity contribution is 7.78. The van der Waals surface area contributed by atoms with Crippen molar-refractivity contribution in [2.45, 2.75) is 6.92 Å². The summed E-state index contributed by atoms with van der Waals surface area (Å²) < 4.78 is 42.3. The third kappa shape index (κ3) is 3.17. The number of hydrogen-bond acceptors (Lipinski definition) is 3. The van der Waals surface area contributed by atoms with Gasteiger partial charge in [-0.15, -0.1) is 11.3 Å². The molecule has 0 bridgehead atoms. The molecule has 1 aromatic heterocycles. The lowest BCUT2D eigenvalue weighted by atomic mass is 10.0. The molecule has 0 fully saturated rings. The number of thiocarbonyl (C=S) groups is 1. The van der Waals surface area contributed by atoms with Gasteiger partial charge in [-0.25, -0.2) is 13.2 Å². The quantitative estimate of drug-likeness (QED) is 0.381. The van der Waals surface area contributed by atoms with E-state index >= 15 is 0 Å². The van der Waals surface area contributed by atoms with Gasteiger partial charge in [0.25, 0.3) is 0 Å². The Morgan fingerprint density at radius 2 is 1.58 bits per heavy atom. The maximum atomic E-state index is 14.4. The minimum absolute atomic E-state index is 0.0970. The molecule has 3 aromatic rings. The zero-order chi connectivity index (χ0) is 17.3. The molecule has 0 spiro atoms. The molecule has 3 rings (SSSR count). The molecule has 0 aliphatic carbocycles. The van der Waals surface area contributed by atoms with Crippen LogP contribution in [0.25, 0.3) is 21.6 Å². The summed E-state index contributed by atoms with van der Waals surface area (Å²) in [7, 11) is 0. The van der Waals surface area contributed by atoms with Crippen molar-refractivity contribution < 1.29 is 13.2 Å². The van der Waals surface area contributed by atoms with Crippen LogP contribution in [0.5, 0.6) is 0 Å². The zero-order valence-electron chi connectivity index (χ0n) is 12.4. The summed E-state index contributed by atoms with van der Waals surface area (Å²) in [6.45, 7) is 1.97. The van der Waals surface area contributed by atoms with E-state index in [0.29, 0.717) is 0 Å². The number of rotatable bonds is 3. The van der Waals surface area contributed by atoms with E-state index in [1.165, 1.54) is 12.1 Å². The van der Waals surface area contributed by atoms with Gasteiger partial charge in [0, 0.05) is 15.3 Å². The lowest BCUT2D eigenvalue weighted by Gasteiger charge is -2.07. The highest BCUT2D eigenvalue weighted by Gasteiger charge is 2.14. The number of aryl methyl sites for hydroxylation is 1. The number of benzene rings is 2. The summed E-state index contributed by atoms with van der Waals surface area (Å²) in [6, 6.07) is 10.5. The molecule has 0 aliphatic heterocycles. The first-order valence-corrected chi connectivity index (χ1v) is 8.15. The minimum Gasteiger partial charge on any atom is -0.206 e. The number of hydrogen-bond donors (Lipinski definition) is 0. The molecule has 1 nitrogen and oxygen atoms in total. The summed E-state index contributed by atoms with van der Waals surface area (Å²) in [5.41, 5.74) is 0.402. The molecule has 0 atom stereocenters. The second kappa shape index (κ2) is 6.69. The van der Waals surface area contributed by atoms with E-state index in [9.17, 15) is 13.2 Å². The number of halogens is 3. The first-order chi connectivity index (χ1) is 11.5. The number of thiophene rings is 1. The molecular formula is C18H10F3NS2. The van der Waals surface area contributed by atoms with E-state index in [4.69, 9.17) is 0 Å². The van der Waals surface area contributed by atoms with Gasteiger partial charge >= 0.3 is 0 Å². The summed E-state index contributed by atoms with van der Waals surface area (Å²) in [5, 5.41) is 1.92. The Labute approximate surface area is 146 Å². The van der Waals surface area contributed by atoms with Gasteiger partial charge in [-0.1, -0.05) is 12.1 Å². The summed E-state index contributed by atoms with van der Waals surface area (Å²) >= 11 is 5.90. The van der Waals surface area contributed by atoms with Crippen molar-refractivity contribution in [1.82, 2.24) is 0 Å². The molecular weight excluding hydrogens is 351 g/mol. The van der Waals surface area contributed by atoms with Crippen LogP contribution in [0.2, 0.25) is 0 Å². The van der Waals surface area contributed by atoms with Gasteiger partial charge in [-0.2, -0.15) is 4.99 Å². The number of nitrogens with zero attached hydrogens (tertiary/aromatic N) is 1. The van der Waals surface area contributed by atoms with Crippen LogP contribution in [0.1, 0.15) is 4.88 Å². The van der Waals surface area contributed by atoms with Crippen LogP contribution in [-0.2, 0) is 0 Å². The fraction of sp³-hybridized carbons (Fsp3) is 0.0556. The van der Waals surface area contributed by atoms with Crippen LogP contribution >= 0.6 is 23.6 Å². The molecule has 1 heterocycles. The van der Waals surface area contributed by atoms with E-state index in [2.05, 4.69) is 17.2 Å². The lowest BCUT2D eigenvalue weighted by molar-refractivity contribution is 0.588. The normalized spacial score (nSPS) is 10.5. The Morgan fingerprint density at radius 3 is 2.12 bits per heavy atom. The maximum absolute atomic E-state index is 14.4. The Hall–Kier alpha value is -2.27. The highest BCUT2D eigenvalue weighted by atomic mass is 32.1. The fourth-order valence-electron chi connectivity index (χ4n) is 2.37. The Bertz CT molecular complexity index is 949. The van der Waals surface area contributed by atoms with E-state index in [-0.39, 0.29) is 11.1 Å². The van der Waals surface area contributed by atoms with Crippen molar-refractivity contribution in [1.29, 1.82) is 0 Å². The zero-order valence-corrected chi connectivity index (χ0v) is 14.1. The monoisotopic (exact) mass is 361 g/mol. The smallest absolute Gasteiger partial charge is 0.153 e. The van der Waals surface area contributed by atoms with Crippen LogP contribution in [-0.4, -0.2) is 5.16 Å². The van der Waals surface area contributed by atoms with Gasteiger partial charge in [0.05, 0.1) is 5.16 Å². The Morgan fingerprint density at radius 1 is 0.917 bits per heavy atom. The maximum Gasteiger partial charge on any atom is 0.153 e. The van der Waals surface area contributed by atoms with Crippen LogP contribution in [0.4, 0.5) is 18.9 Å². The molecule has 2 aromatic carbocycles. The SMILES string of the molecule is Cc1ccc(-c2ccc(-c3cc(F)c(N=C=S)c(F)c3)c(F)c2)s1. The third-order valence-corrected chi connectivity index (χ3v) is 4.62. The molecule has 0 N–H and O–H groups in total. The average Bonchev–Trinajstić information content (AvgIpc) is 2.97. The van der Waals surface area contributed by atoms with Crippen molar-refractivity contribution in [2.75, 3.05) is 0 Å². The highest BCUT2D eigenvalue weighted by Crippen LogP contribution is 2.34. The van der Waals surface area contributed by atoms with Crippen molar-refractivity contribution in [3.05, 3.63) is 64.8 Å². The van der Waals surface area contributed by atoms with Gasteiger partial charge in [0.2, 0.25) is 0 Å². The minimum atomic E-state index is -0.917. The summed E-state index contributed by atoms with van der Waals surface area (Å²) in [4.78, 5) is 5.39. The predicted molar refractivity (Wildman–Crippen MR) is 94.5 cm³/mol. The van der Waals surface area contributed by atoms with E-state index in [1.54, 1.807) is 17.4 Å².